The number of amides is 1. The van der Waals surface area contributed by atoms with E-state index in [0.717, 1.165) is 0 Å². The molecule has 0 saturated carbocycles. The molecule has 0 aliphatic heterocycles. The van der Waals surface area contributed by atoms with Gasteiger partial charge in [-0.3, -0.25) is 33.3 Å². The van der Waals surface area contributed by atoms with Gasteiger partial charge in [0.05, 0.1) is 18.4 Å². The molecule has 4 heterocycles. The molecule has 1 aromatic carbocycles. The molecule has 0 radical (unpaired) electrons. The number of nitrogens with zero attached hydrogens (tertiary/aromatic N) is 7. The smallest absolute Gasteiger partial charge is 0.280 e. The lowest BCUT2D eigenvalue weighted by Crippen LogP contribution is -2.43. The second-order valence-electron chi connectivity index (χ2n) is 8.65. The number of imidazole rings is 2. The van der Waals surface area contributed by atoms with Crippen LogP contribution in [-0.4, -0.2) is 62.8 Å². The van der Waals surface area contributed by atoms with Crippen molar-refractivity contribution in [3.05, 3.63) is 89.5 Å². The summed E-state index contributed by atoms with van der Waals surface area (Å²) < 4.78 is 2.58. The highest BCUT2D eigenvalue weighted by molar-refractivity contribution is 5.98. The first-order valence-corrected chi connectivity index (χ1v) is 12.1. The number of anilines is 2. The van der Waals surface area contributed by atoms with Gasteiger partial charge in [-0.1, -0.05) is 0 Å². The number of aromatic nitrogens is 8. The fourth-order valence-corrected chi connectivity index (χ4v) is 3.86. The van der Waals surface area contributed by atoms with Gasteiger partial charge in [-0.05, 0) is 30.7 Å². The quantitative estimate of drug-likeness (QED) is 0.206. The summed E-state index contributed by atoms with van der Waals surface area (Å²) in [5, 5.41) is 5.87. The third-order valence-electron chi connectivity index (χ3n) is 5.91. The van der Waals surface area contributed by atoms with E-state index in [4.69, 9.17) is 5.73 Å². The van der Waals surface area contributed by atoms with Crippen molar-refractivity contribution >= 4 is 40.5 Å². The Bertz CT molecular complexity index is 1710. The molecule has 1 unspecified atom stereocenters. The Kier molecular flexibility index (Phi) is 7.34. The van der Waals surface area contributed by atoms with Crippen LogP contribution in [0.3, 0.4) is 0 Å². The van der Waals surface area contributed by atoms with E-state index in [1.807, 2.05) is 0 Å². The van der Waals surface area contributed by atoms with Crippen molar-refractivity contribution in [2.24, 2.45) is 0 Å². The van der Waals surface area contributed by atoms with E-state index >= 15 is 0 Å². The first-order valence-electron chi connectivity index (χ1n) is 12.1. The summed E-state index contributed by atoms with van der Waals surface area (Å²) in [5.74, 6) is -1.20. The second-order valence-corrected chi connectivity index (χ2v) is 8.65. The summed E-state index contributed by atoms with van der Waals surface area (Å²) in [6.45, 7) is 0.255. The van der Waals surface area contributed by atoms with Gasteiger partial charge < -0.3 is 16.4 Å². The maximum Gasteiger partial charge on any atom is 0.280 e. The zero-order valence-electron chi connectivity index (χ0n) is 20.9. The molecule has 0 bridgehead atoms. The molecule has 0 fully saturated rings. The van der Waals surface area contributed by atoms with E-state index < -0.39 is 23.4 Å². The Labute approximate surface area is 225 Å². The number of benzene rings is 1. The van der Waals surface area contributed by atoms with Gasteiger partial charge in [0.1, 0.15) is 18.7 Å². The minimum Gasteiger partial charge on any atom is -0.379 e. The zero-order valence-corrected chi connectivity index (χ0v) is 20.9. The number of carbonyl (C=O) groups excluding carboxylic acids is 3. The van der Waals surface area contributed by atoms with E-state index in [-0.39, 0.29) is 42.4 Å². The third-order valence-corrected chi connectivity index (χ3v) is 5.91. The average Bonchev–Trinajstić information content (AvgIpc) is 3.69. The van der Waals surface area contributed by atoms with Gasteiger partial charge in [0, 0.05) is 42.5 Å². The molecule has 0 saturated heterocycles. The molecule has 15 nitrogen and oxygen atoms in total. The minimum absolute atomic E-state index is 0.0115. The molecule has 5 rings (SSSR count). The van der Waals surface area contributed by atoms with Crippen LogP contribution in [-0.2, 0) is 6.54 Å². The normalized spacial score (nSPS) is 11.7. The summed E-state index contributed by atoms with van der Waals surface area (Å²) in [7, 11) is 0. The molecule has 4 aromatic heterocycles. The molecule has 0 aliphatic carbocycles. The first kappa shape index (κ1) is 25.9. The number of hydrogen-bond donors (Lipinski definition) is 4. The van der Waals surface area contributed by atoms with Gasteiger partial charge in [0.2, 0.25) is 11.9 Å². The van der Waals surface area contributed by atoms with Crippen molar-refractivity contribution in [1.82, 2.24) is 44.4 Å². The summed E-state index contributed by atoms with van der Waals surface area (Å²) in [6, 6.07) is 5.60. The van der Waals surface area contributed by atoms with Gasteiger partial charge in [-0.2, -0.15) is 4.98 Å². The molecule has 1 amide bonds. The Morgan fingerprint density at radius 3 is 2.42 bits per heavy atom. The van der Waals surface area contributed by atoms with Crippen LogP contribution in [0.4, 0.5) is 11.6 Å². The van der Waals surface area contributed by atoms with Gasteiger partial charge in [0.25, 0.3) is 17.4 Å². The number of H-pyrrole nitrogens is 1. The third kappa shape index (κ3) is 5.88. The number of fused-ring (bicyclic) bond motifs is 1. The average molecular weight is 542 g/mol. The number of hydrogen-bond acceptors (Lipinski definition) is 11. The highest BCUT2D eigenvalue weighted by Gasteiger charge is 2.24. The zero-order chi connectivity index (χ0) is 28.1. The molecule has 5 aromatic rings. The fourth-order valence-electron chi connectivity index (χ4n) is 3.86. The molecule has 0 aliphatic rings. The topological polar surface area (TPSA) is 208 Å². The standard InChI is InChI=1S/C25H23N11O4/c26-25-33-21-20(23(39)34-25)31-17(12-30-21)11-29-16-3-1-15(2-4-16)22(38)32-18(24(40)36-10-8-28-14-36)5-6-19(37)35-9-7-27-13-35/h1-4,7-10,12-14,18,29H,5-6,11H2,(H,32,38)(H3,26,30,33,34,39). The van der Waals surface area contributed by atoms with Crippen molar-refractivity contribution in [2.75, 3.05) is 11.1 Å². The Hall–Kier alpha value is -5.73. The van der Waals surface area contributed by atoms with Crippen molar-refractivity contribution in [3.8, 4) is 0 Å². The van der Waals surface area contributed by atoms with Crippen molar-refractivity contribution in [3.63, 3.8) is 0 Å². The van der Waals surface area contributed by atoms with Crippen LogP contribution < -0.4 is 21.9 Å². The van der Waals surface area contributed by atoms with Crippen LogP contribution in [0.1, 0.15) is 38.5 Å². The number of rotatable bonds is 9. The summed E-state index contributed by atoms with van der Waals surface area (Å²) >= 11 is 0. The molecule has 5 N–H and O–H groups in total. The van der Waals surface area contributed by atoms with Crippen LogP contribution in [0.25, 0.3) is 11.2 Å². The predicted molar refractivity (Wildman–Crippen MR) is 142 cm³/mol. The summed E-state index contributed by atoms with van der Waals surface area (Å²) in [4.78, 5) is 72.9. The maximum absolute atomic E-state index is 13.0. The molecular weight excluding hydrogens is 518 g/mol. The number of nitrogens with two attached hydrogens (primary N) is 1. The van der Waals surface area contributed by atoms with E-state index in [1.165, 1.54) is 52.8 Å². The first-order chi connectivity index (χ1) is 19.4. The Morgan fingerprint density at radius 2 is 1.73 bits per heavy atom. The predicted octanol–water partition coefficient (Wildman–Crippen LogP) is 0.860. The molecule has 1 atom stereocenters. The summed E-state index contributed by atoms with van der Waals surface area (Å²) in [6.07, 6.45) is 10.2. The van der Waals surface area contributed by atoms with Crippen molar-refractivity contribution < 1.29 is 14.4 Å². The maximum atomic E-state index is 13.0. The molecule has 202 valence electrons. The van der Waals surface area contributed by atoms with Gasteiger partial charge in [0.15, 0.2) is 11.2 Å². The SMILES string of the molecule is Nc1nc2ncc(CNc3ccc(C(=O)NC(CCC(=O)n4ccnc4)C(=O)n4ccnc4)cc3)nc2c(=O)[nH]1. The number of aromatic amines is 1. The van der Waals surface area contributed by atoms with Crippen LogP contribution in [0, 0.1) is 0 Å². The van der Waals surface area contributed by atoms with E-state index in [0.29, 0.717) is 16.9 Å². The largest absolute Gasteiger partial charge is 0.379 e. The second kappa shape index (κ2) is 11.3. The number of nitrogen functional groups attached to an aromatic ring is 1. The van der Waals surface area contributed by atoms with Crippen LogP contribution in [0.2, 0.25) is 0 Å². The molecule has 0 spiro atoms. The Morgan fingerprint density at radius 1 is 1.00 bits per heavy atom. The van der Waals surface area contributed by atoms with Crippen molar-refractivity contribution in [1.29, 1.82) is 0 Å². The molecule has 40 heavy (non-hydrogen) atoms. The van der Waals surface area contributed by atoms with E-state index in [1.54, 1.807) is 24.3 Å². The highest BCUT2D eigenvalue weighted by atomic mass is 16.2. The fraction of sp³-hybridized carbons (Fsp3) is 0.160. The van der Waals surface area contributed by atoms with Crippen molar-refractivity contribution in [2.45, 2.75) is 25.4 Å². The number of carbonyl (C=O) groups is 3. The van der Waals surface area contributed by atoms with E-state index in [9.17, 15) is 19.2 Å². The number of nitrogens with one attached hydrogen (secondary N) is 3. The van der Waals surface area contributed by atoms with Crippen LogP contribution in [0.5, 0.6) is 0 Å². The van der Waals surface area contributed by atoms with Gasteiger partial charge in [-0.25, -0.2) is 19.9 Å². The van der Waals surface area contributed by atoms with Crippen LogP contribution in [0.15, 0.2) is 72.7 Å². The lowest BCUT2D eigenvalue weighted by atomic mass is 10.1. The monoisotopic (exact) mass is 541 g/mol. The highest BCUT2D eigenvalue weighted by Crippen LogP contribution is 2.13. The molecule has 15 heteroatoms. The minimum atomic E-state index is -0.966. The molecular formula is C25H23N11O4. The lowest BCUT2D eigenvalue weighted by Gasteiger charge is -2.18. The van der Waals surface area contributed by atoms with Gasteiger partial charge >= 0.3 is 0 Å². The van der Waals surface area contributed by atoms with Crippen LogP contribution >= 0.6 is 0 Å². The lowest BCUT2D eigenvalue weighted by molar-refractivity contribution is 0.0783. The van der Waals surface area contributed by atoms with Gasteiger partial charge in [-0.15, -0.1) is 0 Å². The Balaban J connectivity index is 1.23. The van der Waals surface area contributed by atoms with E-state index in [2.05, 4.69) is 40.5 Å². The summed E-state index contributed by atoms with van der Waals surface area (Å²) in [5.41, 5.74) is 6.76.